The molecular formula is C21H15ClF3N3O3. The number of aromatic amines is 1. The molecule has 160 valence electrons. The van der Waals surface area contributed by atoms with Crippen LogP contribution >= 0.6 is 11.6 Å². The second-order valence-electron chi connectivity index (χ2n) is 6.64. The van der Waals surface area contributed by atoms with E-state index in [4.69, 9.17) is 16.3 Å². The van der Waals surface area contributed by atoms with Crippen molar-refractivity contribution < 1.29 is 22.6 Å². The Balaban J connectivity index is 1.61. The minimum atomic E-state index is -4.74. The highest BCUT2D eigenvalue weighted by Crippen LogP contribution is 2.27. The van der Waals surface area contributed by atoms with E-state index in [0.29, 0.717) is 40.1 Å². The lowest BCUT2D eigenvalue weighted by Crippen LogP contribution is -2.17. The third kappa shape index (κ3) is 4.51. The van der Waals surface area contributed by atoms with Gasteiger partial charge in [-0.1, -0.05) is 23.7 Å². The van der Waals surface area contributed by atoms with Crippen LogP contribution in [0.1, 0.15) is 5.56 Å². The minimum absolute atomic E-state index is 0.0107. The van der Waals surface area contributed by atoms with Gasteiger partial charge in [-0.3, -0.25) is 9.48 Å². The lowest BCUT2D eigenvalue weighted by atomic mass is 10.1. The van der Waals surface area contributed by atoms with Crippen LogP contribution in [0.5, 0.6) is 11.5 Å². The monoisotopic (exact) mass is 449 g/mol. The second-order valence-corrected chi connectivity index (χ2v) is 7.02. The van der Waals surface area contributed by atoms with E-state index < -0.39 is 6.36 Å². The Bertz CT molecular complexity index is 1300. The third-order valence-corrected chi connectivity index (χ3v) is 4.91. The molecule has 0 saturated heterocycles. The van der Waals surface area contributed by atoms with Crippen LogP contribution in [0.3, 0.4) is 0 Å². The number of methoxy groups -OCH3 is 1. The molecule has 0 unspecified atom stereocenters. The average molecular weight is 450 g/mol. The Morgan fingerprint density at radius 1 is 1.10 bits per heavy atom. The van der Waals surface area contributed by atoms with Crippen LogP contribution in [-0.4, -0.2) is 28.2 Å². The molecule has 6 nitrogen and oxygen atoms in total. The molecule has 0 saturated carbocycles. The predicted molar refractivity (Wildman–Crippen MR) is 110 cm³/mol. The Hall–Kier alpha value is -3.46. The second kappa shape index (κ2) is 7.99. The summed E-state index contributed by atoms with van der Waals surface area (Å²) in [5, 5.41) is 4.87. The molecule has 0 spiro atoms. The summed E-state index contributed by atoms with van der Waals surface area (Å²) < 4.78 is 47.5. The molecule has 4 rings (SSSR count). The maximum atomic E-state index is 12.6. The smallest absolute Gasteiger partial charge is 0.497 e. The van der Waals surface area contributed by atoms with Gasteiger partial charge in [0, 0.05) is 17.6 Å². The summed E-state index contributed by atoms with van der Waals surface area (Å²) in [7, 11) is 1.53. The number of ether oxygens (including phenoxy) is 2. The van der Waals surface area contributed by atoms with Gasteiger partial charge in [-0.05, 0) is 35.9 Å². The SMILES string of the molecule is COc1ccc2c(=O)c(Cl)c(-c3ccn(Cc4ccc(OC(F)(F)F)cc4)n3)[nH]c2c1. The molecule has 0 radical (unpaired) electrons. The quantitative estimate of drug-likeness (QED) is 0.465. The number of hydrogen-bond donors (Lipinski definition) is 1. The van der Waals surface area contributed by atoms with Crippen LogP contribution in [0.2, 0.25) is 5.02 Å². The van der Waals surface area contributed by atoms with Gasteiger partial charge < -0.3 is 14.5 Å². The Labute approximate surface area is 178 Å². The van der Waals surface area contributed by atoms with Crippen LogP contribution in [0, 0.1) is 0 Å². The van der Waals surface area contributed by atoms with Gasteiger partial charge >= 0.3 is 6.36 Å². The lowest BCUT2D eigenvalue weighted by Gasteiger charge is -2.09. The van der Waals surface area contributed by atoms with Gasteiger partial charge in [0.1, 0.15) is 22.2 Å². The zero-order chi connectivity index (χ0) is 22.2. The fraction of sp³-hybridized carbons (Fsp3) is 0.143. The molecule has 2 heterocycles. The molecular weight excluding hydrogens is 435 g/mol. The maximum absolute atomic E-state index is 12.6. The van der Waals surface area contributed by atoms with Gasteiger partial charge in [-0.2, -0.15) is 5.10 Å². The number of pyridine rings is 1. The van der Waals surface area contributed by atoms with Crippen molar-refractivity contribution in [1.29, 1.82) is 0 Å². The summed E-state index contributed by atoms with van der Waals surface area (Å²) >= 11 is 6.29. The Morgan fingerprint density at radius 2 is 1.81 bits per heavy atom. The van der Waals surface area contributed by atoms with Gasteiger partial charge in [0.05, 0.1) is 24.9 Å². The Morgan fingerprint density at radius 3 is 2.48 bits per heavy atom. The van der Waals surface area contributed by atoms with Crippen LogP contribution in [0.4, 0.5) is 13.2 Å². The summed E-state index contributed by atoms with van der Waals surface area (Å²) in [6.45, 7) is 0.301. The molecule has 2 aromatic carbocycles. The van der Waals surface area contributed by atoms with E-state index >= 15 is 0 Å². The molecule has 0 aliphatic rings. The largest absolute Gasteiger partial charge is 0.573 e. The van der Waals surface area contributed by atoms with Crippen molar-refractivity contribution in [2.75, 3.05) is 7.11 Å². The lowest BCUT2D eigenvalue weighted by molar-refractivity contribution is -0.274. The normalized spacial score (nSPS) is 11.6. The Kier molecular flexibility index (Phi) is 5.36. The van der Waals surface area contributed by atoms with E-state index in [2.05, 4.69) is 14.8 Å². The topological polar surface area (TPSA) is 69.1 Å². The van der Waals surface area contributed by atoms with Crippen molar-refractivity contribution in [3.63, 3.8) is 0 Å². The number of nitrogens with one attached hydrogen (secondary N) is 1. The third-order valence-electron chi connectivity index (χ3n) is 4.55. The summed E-state index contributed by atoms with van der Waals surface area (Å²) in [6, 6.07) is 12.2. The summed E-state index contributed by atoms with van der Waals surface area (Å²) in [6.07, 6.45) is -3.06. The van der Waals surface area contributed by atoms with Gasteiger partial charge in [-0.25, -0.2) is 0 Å². The fourth-order valence-corrected chi connectivity index (χ4v) is 3.36. The van der Waals surface area contributed by atoms with Crippen molar-refractivity contribution in [3.8, 4) is 22.9 Å². The van der Waals surface area contributed by atoms with E-state index in [1.165, 1.54) is 31.4 Å². The maximum Gasteiger partial charge on any atom is 0.573 e. The first-order valence-corrected chi connectivity index (χ1v) is 9.39. The molecule has 31 heavy (non-hydrogen) atoms. The predicted octanol–water partition coefficient (Wildman–Crippen LogP) is 5.00. The molecule has 0 fully saturated rings. The zero-order valence-corrected chi connectivity index (χ0v) is 16.8. The first-order valence-electron chi connectivity index (χ1n) is 9.01. The van der Waals surface area contributed by atoms with Crippen molar-refractivity contribution in [3.05, 3.63) is 75.5 Å². The average Bonchev–Trinajstić information content (AvgIpc) is 3.19. The van der Waals surface area contributed by atoms with Crippen molar-refractivity contribution in [2.24, 2.45) is 0 Å². The highest BCUT2D eigenvalue weighted by atomic mass is 35.5. The zero-order valence-electron chi connectivity index (χ0n) is 16.0. The van der Waals surface area contributed by atoms with Crippen LogP contribution in [0.15, 0.2) is 59.5 Å². The van der Waals surface area contributed by atoms with Gasteiger partial charge in [-0.15, -0.1) is 13.2 Å². The first-order chi connectivity index (χ1) is 14.7. The number of alkyl halides is 3. The summed E-state index contributed by atoms with van der Waals surface area (Å²) in [5.74, 6) is 0.285. The molecule has 0 aliphatic carbocycles. The minimum Gasteiger partial charge on any atom is -0.497 e. The van der Waals surface area contributed by atoms with Crippen LogP contribution in [0.25, 0.3) is 22.3 Å². The number of fused-ring (bicyclic) bond motifs is 1. The van der Waals surface area contributed by atoms with Gasteiger partial charge in [0.15, 0.2) is 0 Å². The number of aromatic nitrogens is 3. The number of H-pyrrole nitrogens is 1. The molecule has 0 aliphatic heterocycles. The van der Waals surface area contributed by atoms with E-state index in [1.807, 2.05) is 0 Å². The van der Waals surface area contributed by atoms with Crippen LogP contribution < -0.4 is 14.9 Å². The van der Waals surface area contributed by atoms with E-state index in [-0.39, 0.29) is 16.2 Å². The van der Waals surface area contributed by atoms with Crippen molar-refractivity contribution in [1.82, 2.24) is 14.8 Å². The fourth-order valence-electron chi connectivity index (χ4n) is 3.12. The summed E-state index contributed by atoms with van der Waals surface area (Å²) in [4.78, 5) is 15.8. The number of rotatable bonds is 5. The molecule has 4 aromatic rings. The molecule has 0 atom stereocenters. The van der Waals surface area contributed by atoms with E-state index in [0.717, 1.165) is 0 Å². The standard InChI is InChI=1S/C21H15ClF3N3O3/c1-30-14-6-7-15-17(10-14)26-19(18(22)20(15)29)16-8-9-28(27-16)11-12-2-4-13(5-3-12)31-21(23,24)25/h2-10H,11H2,1H3,(H,26,29). The molecule has 1 N–H and O–H groups in total. The van der Waals surface area contributed by atoms with Gasteiger partial charge in [0.2, 0.25) is 5.43 Å². The van der Waals surface area contributed by atoms with Crippen molar-refractivity contribution in [2.45, 2.75) is 12.9 Å². The summed E-state index contributed by atoms with van der Waals surface area (Å²) in [5.41, 5.74) is 1.75. The first kappa shape index (κ1) is 20.8. The van der Waals surface area contributed by atoms with Crippen LogP contribution in [-0.2, 0) is 6.54 Å². The number of halogens is 4. The molecule has 0 bridgehead atoms. The van der Waals surface area contributed by atoms with Gasteiger partial charge in [0.25, 0.3) is 0 Å². The number of nitrogens with zero attached hydrogens (tertiary/aromatic N) is 2. The number of benzene rings is 2. The number of hydrogen-bond acceptors (Lipinski definition) is 4. The highest BCUT2D eigenvalue weighted by Gasteiger charge is 2.30. The highest BCUT2D eigenvalue weighted by molar-refractivity contribution is 6.33. The molecule has 10 heteroatoms. The van der Waals surface area contributed by atoms with E-state index in [9.17, 15) is 18.0 Å². The van der Waals surface area contributed by atoms with E-state index in [1.54, 1.807) is 35.1 Å². The molecule has 2 aromatic heterocycles. The van der Waals surface area contributed by atoms with Crippen molar-refractivity contribution >= 4 is 22.5 Å². The molecule has 0 amide bonds.